The Kier molecular flexibility index (Phi) is 5.86. The fourth-order valence-corrected chi connectivity index (χ4v) is 2.95. The number of halogens is 2. The van der Waals surface area contributed by atoms with Crippen molar-refractivity contribution >= 4 is 29.1 Å². The normalized spacial score (nSPS) is 22.0. The third-order valence-electron chi connectivity index (χ3n) is 3.74. The van der Waals surface area contributed by atoms with Crippen molar-refractivity contribution in [2.75, 3.05) is 19.8 Å². The number of aliphatic hydroxyl groups is 1. The summed E-state index contributed by atoms with van der Waals surface area (Å²) in [6.07, 6.45) is -0.621. The van der Waals surface area contributed by atoms with Gasteiger partial charge in [-0.15, -0.1) is 0 Å². The van der Waals surface area contributed by atoms with E-state index < -0.39 is 11.6 Å². The second-order valence-corrected chi connectivity index (χ2v) is 6.92. The van der Waals surface area contributed by atoms with Crippen LogP contribution in [-0.2, 0) is 15.1 Å². The number of amides is 1. The molecule has 1 aromatic rings. The highest BCUT2D eigenvalue weighted by Gasteiger charge is 2.33. The van der Waals surface area contributed by atoms with Crippen molar-refractivity contribution in [3.05, 3.63) is 27.5 Å². The Morgan fingerprint density at radius 3 is 2.78 bits per heavy atom. The average molecular weight is 362 g/mol. The molecule has 2 heterocycles. The number of nitrogens with one attached hydrogen (secondary N) is 2. The maximum atomic E-state index is 12.4. The molecule has 6 nitrogen and oxygen atoms in total. The Labute approximate surface area is 145 Å². The van der Waals surface area contributed by atoms with Gasteiger partial charge in [0.25, 0.3) is 5.91 Å². The van der Waals surface area contributed by atoms with E-state index >= 15 is 0 Å². The van der Waals surface area contributed by atoms with Gasteiger partial charge in [0.2, 0.25) is 0 Å². The Bertz CT molecular complexity index is 588. The number of carbonyl (C=O) groups is 1. The molecule has 1 aliphatic heterocycles. The fraction of sp³-hybridized carbons (Fsp3) is 0.600. The molecule has 0 saturated carbocycles. The minimum absolute atomic E-state index is 0.0244. The topological polar surface area (TPSA) is 83.5 Å². The lowest BCUT2D eigenvalue weighted by Crippen LogP contribution is -2.56. The quantitative estimate of drug-likeness (QED) is 0.754. The van der Waals surface area contributed by atoms with Crippen LogP contribution in [0.25, 0.3) is 0 Å². The predicted octanol–water partition coefficient (Wildman–Crippen LogP) is 1.40. The number of hydrogen-bond donors (Lipinski definition) is 3. The molecule has 1 aromatic heterocycles. The van der Waals surface area contributed by atoms with E-state index in [4.69, 9.17) is 33.0 Å². The van der Waals surface area contributed by atoms with Gasteiger partial charge in [0.05, 0.1) is 46.2 Å². The van der Waals surface area contributed by atoms with Crippen molar-refractivity contribution in [3.8, 4) is 0 Å². The van der Waals surface area contributed by atoms with E-state index in [1.165, 1.54) is 0 Å². The number of aliphatic hydroxyl groups excluding tert-OH is 1. The average Bonchev–Trinajstić information content (AvgIpc) is 2.50. The zero-order chi connectivity index (χ0) is 17.2. The number of aromatic nitrogens is 1. The van der Waals surface area contributed by atoms with Crippen LogP contribution < -0.4 is 10.6 Å². The van der Waals surface area contributed by atoms with E-state index in [2.05, 4.69) is 15.6 Å². The summed E-state index contributed by atoms with van der Waals surface area (Å²) in [6, 6.07) is 1.49. The van der Waals surface area contributed by atoms with Gasteiger partial charge in [-0.1, -0.05) is 23.2 Å². The van der Waals surface area contributed by atoms with Gasteiger partial charge in [0, 0.05) is 6.54 Å². The number of ether oxygens (including phenoxy) is 1. The zero-order valence-electron chi connectivity index (χ0n) is 13.3. The summed E-state index contributed by atoms with van der Waals surface area (Å²) in [5.74, 6) is -0.260. The standard InChI is InChI=1S/C15H21Cl2N3O3/c1-8-10(16)4-11(17)13(19-8)15(2,3)20-14(22)12-5-18-9(6-21)7-23-12/h4,9,12,18,21H,5-7H2,1-3H3,(H,20,22)/t9-,12+/m1/s1. The molecule has 128 valence electrons. The highest BCUT2D eigenvalue weighted by atomic mass is 35.5. The van der Waals surface area contributed by atoms with Crippen molar-refractivity contribution in [3.63, 3.8) is 0 Å². The van der Waals surface area contributed by atoms with Gasteiger partial charge < -0.3 is 20.5 Å². The maximum absolute atomic E-state index is 12.4. The second kappa shape index (κ2) is 7.32. The number of morpholine rings is 1. The molecule has 2 atom stereocenters. The van der Waals surface area contributed by atoms with Crippen molar-refractivity contribution in [2.24, 2.45) is 0 Å². The first-order chi connectivity index (χ1) is 10.7. The summed E-state index contributed by atoms with van der Waals surface area (Å²) < 4.78 is 5.49. The van der Waals surface area contributed by atoms with Gasteiger partial charge in [-0.3, -0.25) is 9.78 Å². The molecule has 1 fully saturated rings. The molecule has 0 aromatic carbocycles. The van der Waals surface area contributed by atoms with Crippen molar-refractivity contribution in [1.29, 1.82) is 0 Å². The molecule has 0 spiro atoms. The number of rotatable bonds is 4. The molecular weight excluding hydrogens is 341 g/mol. The van der Waals surface area contributed by atoms with Crippen molar-refractivity contribution in [1.82, 2.24) is 15.6 Å². The lowest BCUT2D eigenvalue weighted by Gasteiger charge is -2.32. The van der Waals surface area contributed by atoms with Crippen LogP contribution in [-0.4, -0.2) is 47.9 Å². The van der Waals surface area contributed by atoms with Gasteiger partial charge in [-0.05, 0) is 26.8 Å². The Balaban J connectivity index is 2.09. The number of carbonyl (C=O) groups excluding carboxylic acids is 1. The minimum Gasteiger partial charge on any atom is -0.395 e. The smallest absolute Gasteiger partial charge is 0.251 e. The summed E-state index contributed by atoms with van der Waals surface area (Å²) in [6.45, 7) is 6.02. The first-order valence-corrected chi connectivity index (χ1v) is 8.11. The van der Waals surface area contributed by atoms with Crippen LogP contribution in [0.1, 0.15) is 25.2 Å². The summed E-state index contributed by atoms with van der Waals surface area (Å²) in [4.78, 5) is 16.8. The molecule has 1 saturated heterocycles. The first-order valence-electron chi connectivity index (χ1n) is 7.35. The molecular formula is C15H21Cl2N3O3. The van der Waals surface area contributed by atoms with Gasteiger partial charge in [0.1, 0.15) is 6.10 Å². The minimum atomic E-state index is -0.777. The molecule has 23 heavy (non-hydrogen) atoms. The summed E-state index contributed by atoms with van der Waals surface area (Å²) in [5.41, 5.74) is 0.418. The van der Waals surface area contributed by atoms with E-state index in [0.29, 0.717) is 28.0 Å². The zero-order valence-corrected chi connectivity index (χ0v) is 14.8. The van der Waals surface area contributed by atoms with Crippen LogP contribution in [0.3, 0.4) is 0 Å². The molecule has 0 unspecified atom stereocenters. The number of aryl methyl sites for hydroxylation is 1. The fourth-order valence-electron chi connectivity index (χ4n) is 2.35. The Morgan fingerprint density at radius 1 is 1.52 bits per heavy atom. The number of nitrogens with zero attached hydrogens (tertiary/aromatic N) is 1. The molecule has 0 aliphatic carbocycles. The van der Waals surface area contributed by atoms with Crippen LogP contribution in [0, 0.1) is 6.92 Å². The predicted molar refractivity (Wildman–Crippen MR) is 88.8 cm³/mol. The van der Waals surface area contributed by atoms with Gasteiger partial charge in [0.15, 0.2) is 0 Å². The van der Waals surface area contributed by atoms with Crippen LogP contribution >= 0.6 is 23.2 Å². The number of pyridine rings is 1. The monoisotopic (exact) mass is 361 g/mol. The van der Waals surface area contributed by atoms with Crippen LogP contribution in [0.5, 0.6) is 0 Å². The molecule has 2 rings (SSSR count). The summed E-state index contributed by atoms with van der Waals surface area (Å²) in [5, 5.41) is 15.9. The van der Waals surface area contributed by atoms with Crippen molar-refractivity contribution < 1.29 is 14.6 Å². The van der Waals surface area contributed by atoms with Crippen molar-refractivity contribution in [2.45, 2.75) is 38.5 Å². The SMILES string of the molecule is Cc1nc(C(C)(C)NC(=O)[C@@H]2CN[C@H](CO)CO2)c(Cl)cc1Cl. The number of hydrogen-bond acceptors (Lipinski definition) is 5. The lowest BCUT2D eigenvalue weighted by atomic mass is 9.98. The van der Waals surface area contributed by atoms with Gasteiger partial charge in [-0.2, -0.15) is 0 Å². The van der Waals surface area contributed by atoms with E-state index in [1.807, 2.05) is 13.8 Å². The Hall–Kier alpha value is -0.920. The lowest BCUT2D eigenvalue weighted by molar-refractivity contribution is -0.138. The van der Waals surface area contributed by atoms with Crippen LogP contribution in [0.15, 0.2) is 6.07 Å². The molecule has 8 heteroatoms. The summed E-state index contributed by atoms with van der Waals surface area (Å²) in [7, 11) is 0. The summed E-state index contributed by atoms with van der Waals surface area (Å²) >= 11 is 12.2. The molecule has 0 radical (unpaired) electrons. The highest BCUT2D eigenvalue weighted by Crippen LogP contribution is 2.29. The molecule has 1 amide bonds. The largest absolute Gasteiger partial charge is 0.395 e. The van der Waals surface area contributed by atoms with E-state index in [1.54, 1.807) is 13.0 Å². The third kappa shape index (κ3) is 4.33. The van der Waals surface area contributed by atoms with E-state index in [-0.39, 0.29) is 25.2 Å². The maximum Gasteiger partial charge on any atom is 0.251 e. The Morgan fingerprint density at radius 2 is 2.22 bits per heavy atom. The first kappa shape index (κ1) is 18.4. The third-order valence-corrected chi connectivity index (χ3v) is 4.41. The van der Waals surface area contributed by atoms with Crippen LogP contribution in [0.4, 0.5) is 0 Å². The van der Waals surface area contributed by atoms with Crippen LogP contribution in [0.2, 0.25) is 10.0 Å². The molecule has 3 N–H and O–H groups in total. The second-order valence-electron chi connectivity index (χ2n) is 6.11. The van der Waals surface area contributed by atoms with Gasteiger partial charge in [-0.25, -0.2) is 0 Å². The van der Waals surface area contributed by atoms with E-state index in [9.17, 15) is 4.79 Å². The molecule has 1 aliphatic rings. The van der Waals surface area contributed by atoms with E-state index in [0.717, 1.165) is 0 Å². The highest BCUT2D eigenvalue weighted by molar-refractivity contribution is 6.35. The molecule has 0 bridgehead atoms. The van der Waals surface area contributed by atoms with Gasteiger partial charge >= 0.3 is 0 Å².